The van der Waals surface area contributed by atoms with E-state index in [1.165, 1.54) is 0 Å². The van der Waals surface area contributed by atoms with Crippen molar-refractivity contribution in [2.45, 2.75) is 31.3 Å². The van der Waals surface area contributed by atoms with Crippen molar-refractivity contribution in [2.24, 2.45) is 0 Å². The highest BCUT2D eigenvalue weighted by Crippen LogP contribution is 2.31. The van der Waals surface area contributed by atoms with Crippen LogP contribution < -0.4 is 0 Å². The molecule has 3 rings (SSSR count). The molecule has 2 fully saturated rings. The molecule has 2 heterocycles. The molecule has 0 N–H and O–H groups in total. The van der Waals surface area contributed by atoms with Crippen molar-refractivity contribution in [2.75, 3.05) is 13.2 Å². The van der Waals surface area contributed by atoms with Crippen LogP contribution in [0.5, 0.6) is 0 Å². The zero-order valence-electron chi connectivity index (χ0n) is 9.17. The first-order valence-electron chi connectivity index (χ1n) is 5.87. The third-order valence-electron chi connectivity index (χ3n) is 3.16. The smallest absolute Gasteiger partial charge is 0.184 e. The Kier molecular flexibility index (Phi) is 2.91. The van der Waals surface area contributed by atoms with Gasteiger partial charge in [-0.1, -0.05) is 30.3 Å². The van der Waals surface area contributed by atoms with E-state index < -0.39 is 0 Å². The molecule has 0 spiro atoms. The predicted octanol–water partition coefficient (Wildman–Crippen LogP) is 2.28. The topological polar surface area (TPSA) is 27.7 Å². The van der Waals surface area contributed by atoms with Crippen molar-refractivity contribution in [3.05, 3.63) is 35.9 Å². The van der Waals surface area contributed by atoms with E-state index in [1.54, 1.807) is 0 Å². The van der Waals surface area contributed by atoms with Crippen molar-refractivity contribution >= 4 is 0 Å². The summed E-state index contributed by atoms with van der Waals surface area (Å²) in [5.41, 5.74) is 1.09. The Labute approximate surface area is 95.3 Å². The van der Waals surface area contributed by atoms with Crippen molar-refractivity contribution in [1.29, 1.82) is 0 Å². The summed E-state index contributed by atoms with van der Waals surface area (Å²) in [5, 5.41) is 0. The van der Waals surface area contributed by atoms with Crippen LogP contribution in [0.4, 0.5) is 0 Å². The van der Waals surface area contributed by atoms with E-state index in [4.69, 9.17) is 14.2 Å². The zero-order valence-corrected chi connectivity index (χ0v) is 9.17. The van der Waals surface area contributed by atoms with E-state index in [0.29, 0.717) is 6.61 Å². The largest absolute Gasteiger partial charge is 0.373 e. The molecule has 0 unspecified atom stereocenters. The van der Waals surface area contributed by atoms with Crippen LogP contribution in [0.3, 0.4) is 0 Å². The molecule has 2 saturated heterocycles. The third-order valence-corrected chi connectivity index (χ3v) is 3.16. The van der Waals surface area contributed by atoms with E-state index in [9.17, 15) is 0 Å². The Morgan fingerprint density at radius 1 is 1.00 bits per heavy atom. The summed E-state index contributed by atoms with van der Waals surface area (Å²) in [5.74, 6) is 0. The van der Waals surface area contributed by atoms with Crippen LogP contribution in [0.15, 0.2) is 30.3 Å². The first-order valence-corrected chi connectivity index (χ1v) is 5.87. The molecule has 2 aliphatic rings. The maximum Gasteiger partial charge on any atom is 0.184 e. The summed E-state index contributed by atoms with van der Waals surface area (Å²) in [4.78, 5) is 0. The summed E-state index contributed by atoms with van der Waals surface area (Å²) in [6.07, 6.45) is 2.28. The van der Waals surface area contributed by atoms with Gasteiger partial charge in [0.25, 0.3) is 0 Å². The maximum atomic E-state index is 5.93. The van der Waals surface area contributed by atoms with Gasteiger partial charge < -0.3 is 14.2 Å². The first kappa shape index (κ1) is 10.3. The minimum absolute atomic E-state index is 0.133. The zero-order chi connectivity index (χ0) is 10.8. The van der Waals surface area contributed by atoms with Crippen molar-refractivity contribution in [1.82, 2.24) is 0 Å². The van der Waals surface area contributed by atoms with Gasteiger partial charge in [-0.15, -0.1) is 0 Å². The van der Waals surface area contributed by atoms with E-state index >= 15 is 0 Å². The molecule has 1 aromatic carbocycles. The molecule has 1 aromatic rings. The molecule has 0 aliphatic carbocycles. The van der Waals surface area contributed by atoms with Gasteiger partial charge >= 0.3 is 0 Å². The van der Waals surface area contributed by atoms with Gasteiger partial charge in [0.1, 0.15) is 6.10 Å². The van der Waals surface area contributed by atoms with Gasteiger partial charge in [0, 0.05) is 12.2 Å². The highest BCUT2D eigenvalue weighted by molar-refractivity contribution is 5.16. The molecule has 86 valence electrons. The molecule has 3 nitrogen and oxygen atoms in total. The highest BCUT2D eigenvalue weighted by atomic mass is 16.7. The van der Waals surface area contributed by atoms with Crippen LogP contribution in [0.1, 0.15) is 24.7 Å². The van der Waals surface area contributed by atoms with Crippen LogP contribution >= 0.6 is 0 Å². The Morgan fingerprint density at radius 2 is 1.88 bits per heavy atom. The summed E-state index contributed by atoms with van der Waals surface area (Å²) in [7, 11) is 0. The van der Waals surface area contributed by atoms with Crippen LogP contribution in [-0.4, -0.2) is 25.4 Å². The SMILES string of the molecule is c1ccc([C@H]2OC[C@H]3OCCC[C@H]3O2)cc1. The van der Waals surface area contributed by atoms with Crippen LogP contribution in [0.25, 0.3) is 0 Å². The molecule has 0 amide bonds. The van der Waals surface area contributed by atoms with Gasteiger partial charge in [-0.2, -0.15) is 0 Å². The number of ether oxygens (including phenoxy) is 3. The molecule has 3 atom stereocenters. The monoisotopic (exact) mass is 220 g/mol. The third kappa shape index (κ3) is 1.98. The molecule has 0 bridgehead atoms. The lowest BCUT2D eigenvalue weighted by Gasteiger charge is -2.39. The van der Waals surface area contributed by atoms with Gasteiger partial charge in [-0.25, -0.2) is 0 Å². The highest BCUT2D eigenvalue weighted by Gasteiger charge is 2.35. The molecular weight excluding hydrogens is 204 g/mol. The molecule has 0 radical (unpaired) electrons. The lowest BCUT2D eigenvalue weighted by atomic mass is 10.0. The van der Waals surface area contributed by atoms with Gasteiger partial charge in [0.2, 0.25) is 0 Å². The standard InChI is InChI=1S/C13H16O3/c1-2-5-10(6-3-1)13-15-9-12-11(16-13)7-4-8-14-12/h1-3,5-6,11-13H,4,7-9H2/t11-,12-,13+/m1/s1. The second kappa shape index (κ2) is 4.53. The first-order chi connectivity index (χ1) is 7.93. The second-order valence-electron chi connectivity index (χ2n) is 4.30. The van der Waals surface area contributed by atoms with Crippen molar-refractivity contribution in [3.63, 3.8) is 0 Å². The van der Waals surface area contributed by atoms with Gasteiger partial charge in [-0.05, 0) is 12.8 Å². The Morgan fingerprint density at radius 3 is 2.75 bits per heavy atom. The fourth-order valence-corrected chi connectivity index (χ4v) is 2.29. The Balaban J connectivity index is 1.71. The fourth-order valence-electron chi connectivity index (χ4n) is 2.29. The summed E-state index contributed by atoms with van der Waals surface area (Å²) < 4.78 is 17.2. The Bertz CT molecular complexity index is 338. The van der Waals surface area contributed by atoms with Gasteiger partial charge in [0.05, 0.1) is 12.7 Å². The molecule has 0 aromatic heterocycles. The average Bonchev–Trinajstić information content (AvgIpc) is 2.39. The quantitative estimate of drug-likeness (QED) is 0.726. The second-order valence-corrected chi connectivity index (χ2v) is 4.30. The van der Waals surface area contributed by atoms with Gasteiger partial charge in [-0.3, -0.25) is 0 Å². The molecule has 2 aliphatic heterocycles. The van der Waals surface area contributed by atoms with Crippen molar-refractivity contribution in [3.8, 4) is 0 Å². The number of benzene rings is 1. The molecular formula is C13H16O3. The van der Waals surface area contributed by atoms with E-state index in [-0.39, 0.29) is 18.5 Å². The summed E-state index contributed by atoms with van der Waals surface area (Å²) in [6.45, 7) is 1.48. The van der Waals surface area contributed by atoms with Crippen LogP contribution in [-0.2, 0) is 14.2 Å². The minimum Gasteiger partial charge on any atom is -0.373 e. The average molecular weight is 220 g/mol. The predicted molar refractivity (Wildman–Crippen MR) is 59.0 cm³/mol. The normalized spacial score (nSPS) is 34.4. The van der Waals surface area contributed by atoms with Gasteiger partial charge in [0.15, 0.2) is 6.29 Å². The minimum atomic E-state index is -0.218. The lowest BCUT2D eigenvalue weighted by molar-refractivity contribution is -0.277. The molecule has 16 heavy (non-hydrogen) atoms. The number of fused-ring (bicyclic) bond motifs is 1. The van der Waals surface area contributed by atoms with Crippen molar-refractivity contribution < 1.29 is 14.2 Å². The van der Waals surface area contributed by atoms with E-state index in [1.807, 2.05) is 30.3 Å². The maximum absolute atomic E-state index is 5.93. The fraction of sp³-hybridized carbons (Fsp3) is 0.538. The number of rotatable bonds is 1. The summed E-state index contributed by atoms with van der Waals surface area (Å²) >= 11 is 0. The summed E-state index contributed by atoms with van der Waals surface area (Å²) in [6, 6.07) is 10.1. The Hall–Kier alpha value is -0.900. The lowest BCUT2D eigenvalue weighted by Crippen LogP contribution is -2.44. The van der Waals surface area contributed by atoms with Crippen LogP contribution in [0, 0.1) is 0 Å². The number of hydrogen-bond acceptors (Lipinski definition) is 3. The molecule has 3 heteroatoms. The molecule has 0 saturated carbocycles. The number of hydrogen-bond donors (Lipinski definition) is 0. The van der Waals surface area contributed by atoms with E-state index in [0.717, 1.165) is 25.0 Å². The van der Waals surface area contributed by atoms with Crippen LogP contribution in [0.2, 0.25) is 0 Å². The van der Waals surface area contributed by atoms with E-state index in [2.05, 4.69) is 0 Å².